The molecule has 9 heteroatoms. The lowest BCUT2D eigenvalue weighted by Gasteiger charge is -2.33. The number of benzene rings is 1. The van der Waals surface area contributed by atoms with Crippen molar-refractivity contribution in [2.75, 3.05) is 44.7 Å². The summed E-state index contributed by atoms with van der Waals surface area (Å²) in [5.74, 6) is -2.22. The van der Waals surface area contributed by atoms with Crippen molar-refractivity contribution in [3.63, 3.8) is 0 Å². The average Bonchev–Trinajstić information content (AvgIpc) is 3.14. The van der Waals surface area contributed by atoms with Gasteiger partial charge < -0.3 is 19.4 Å². The van der Waals surface area contributed by atoms with Crippen molar-refractivity contribution in [1.82, 2.24) is 9.80 Å². The molecule has 0 bridgehead atoms. The molecule has 2 aliphatic rings. The zero-order valence-corrected chi connectivity index (χ0v) is 19.5. The highest BCUT2D eigenvalue weighted by molar-refractivity contribution is 9.10. The van der Waals surface area contributed by atoms with E-state index in [0.29, 0.717) is 39.1 Å². The lowest BCUT2D eigenvalue weighted by molar-refractivity contribution is -0.152. The Balaban J connectivity index is 1.57. The quantitative estimate of drug-likeness (QED) is 0.447. The van der Waals surface area contributed by atoms with Gasteiger partial charge in [0.05, 0.1) is 19.1 Å². The second-order valence-corrected chi connectivity index (χ2v) is 8.85. The van der Waals surface area contributed by atoms with Gasteiger partial charge in [0, 0.05) is 36.8 Å². The summed E-state index contributed by atoms with van der Waals surface area (Å²) in [5.41, 5.74) is 0.742. The molecule has 0 radical (unpaired) electrons. The zero-order chi connectivity index (χ0) is 22.5. The fourth-order valence-corrected chi connectivity index (χ4v) is 4.50. The van der Waals surface area contributed by atoms with Gasteiger partial charge in [-0.2, -0.15) is 0 Å². The molecule has 0 aliphatic carbocycles. The van der Waals surface area contributed by atoms with Crippen LogP contribution < -0.4 is 4.90 Å². The van der Waals surface area contributed by atoms with Crippen LogP contribution in [0.25, 0.3) is 0 Å². The normalized spacial score (nSPS) is 21.2. The summed E-state index contributed by atoms with van der Waals surface area (Å²) in [7, 11) is 1.54. The van der Waals surface area contributed by atoms with Crippen molar-refractivity contribution in [3.05, 3.63) is 28.7 Å². The molecule has 0 aromatic heterocycles. The number of esters is 1. The predicted molar refractivity (Wildman–Crippen MR) is 118 cm³/mol. The zero-order valence-electron chi connectivity index (χ0n) is 17.9. The van der Waals surface area contributed by atoms with Crippen molar-refractivity contribution in [1.29, 1.82) is 0 Å². The molecule has 0 N–H and O–H groups in total. The highest BCUT2D eigenvalue weighted by Gasteiger charge is 2.40. The van der Waals surface area contributed by atoms with Crippen molar-refractivity contribution in [2.24, 2.45) is 11.8 Å². The number of carbonyl (C=O) groups is 4. The SMILES string of the molecule is CCOC(=O)C1CCCN(C(=O)CN(C)C(=O)C2CCN(c3cccc(Br)c3)C2=O)C1. The average molecular weight is 494 g/mol. The topological polar surface area (TPSA) is 87.2 Å². The van der Waals surface area contributed by atoms with Crippen LogP contribution in [0.1, 0.15) is 26.2 Å². The first kappa shape index (κ1) is 23.2. The van der Waals surface area contributed by atoms with Gasteiger partial charge in [0.2, 0.25) is 17.7 Å². The van der Waals surface area contributed by atoms with E-state index >= 15 is 0 Å². The molecular formula is C22H28BrN3O5. The maximum absolute atomic E-state index is 12.9. The minimum atomic E-state index is -0.787. The van der Waals surface area contributed by atoms with Crippen LogP contribution in [-0.4, -0.2) is 73.3 Å². The van der Waals surface area contributed by atoms with E-state index in [1.165, 1.54) is 4.90 Å². The van der Waals surface area contributed by atoms with Crippen molar-refractivity contribution < 1.29 is 23.9 Å². The third-order valence-electron chi connectivity index (χ3n) is 5.77. The number of anilines is 1. The summed E-state index contributed by atoms with van der Waals surface area (Å²) in [5, 5.41) is 0. The smallest absolute Gasteiger partial charge is 0.310 e. The number of nitrogens with zero attached hydrogens (tertiary/aromatic N) is 3. The second-order valence-electron chi connectivity index (χ2n) is 7.94. The number of piperidine rings is 1. The maximum Gasteiger partial charge on any atom is 0.310 e. The molecule has 1 aromatic rings. The Bertz CT molecular complexity index is 861. The molecule has 2 saturated heterocycles. The van der Waals surface area contributed by atoms with E-state index in [4.69, 9.17) is 4.74 Å². The van der Waals surface area contributed by atoms with Crippen LogP contribution in [0.3, 0.4) is 0 Å². The third-order valence-corrected chi connectivity index (χ3v) is 6.26. The van der Waals surface area contributed by atoms with Gasteiger partial charge in [0.25, 0.3) is 0 Å². The molecular weight excluding hydrogens is 466 g/mol. The van der Waals surface area contributed by atoms with Gasteiger partial charge in [-0.05, 0) is 44.4 Å². The molecule has 2 unspecified atom stereocenters. The molecule has 2 fully saturated rings. The Labute approximate surface area is 190 Å². The Kier molecular flexibility index (Phi) is 7.69. The number of hydrogen-bond donors (Lipinski definition) is 0. The number of amides is 3. The minimum Gasteiger partial charge on any atom is -0.466 e. The van der Waals surface area contributed by atoms with E-state index in [2.05, 4.69) is 15.9 Å². The molecule has 3 amide bonds. The van der Waals surface area contributed by atoms with Crippen LogP contribution in [0.15, 0.2) is 28.7 Å². The molecule has 2 atom stereocenters. The number of carbonyl (C=O) groups excluding carboxylic acids is 4. The van der Waals surface area contributed by atoms with Crippen molar-refractivity contribution in [2.45, 2.75) is 26.2 Å². The number of halogens is 1. The van der Waals surface area contributed by atoms with Gasteiger partial charge in [0.1, 0.15) is 5.92 Å². The number of rotatable bonds is 6. The number of hydrogen-bond acceptors (Lipinski definition) is 5. The van der Waals surface area contributed by atoms with Crippen LogP contribution in [0.4, 0.5) is 5.69 Å². The van der Waals surface area contributed by atoms with Crippen molar-refractivity contribution in [3.8, 4) is 0 Å². The van der Waals surface area contributed by atoms with Crippen LogP contribution in [0.2, 0.25) is 0 Å². The highest BCUT2D eigenvalue weighted by atomic mass is 79.9. The predicted octanol–water partition coefficient (Wildman–Crippen LogP) is 2.06. The highest BCUT2D eigenvalue weighted by Crippen LogP contribution is 2.28. The standard InChI is InChI=1S/C22H28BrN3O5/c1-3-31-22(30)15-6-5-10-25(13-15)19(27)14-24(2)20(28)18-9-11-26(21(18)29)17-8-4-7-16(23)12-17/h4,7-8,12,15,18H,3,5-6,9-11,13-14H2,1-2H3. The molecule has 2 aliphatic heterocycles. The van der Waals surface area contributed by atoms with E-state index in [1.807, 2.05) is 24.3 Å². The first-order chi connectivity index (χ1) is 14.8. The van der Waals surface area contributed by atoms with Gasteiger partial charge in [-0.15, -0.1) is 0 Å². The Hall–Kier alpha value is -2.42. The van der Waals surface area contributed by atoms with Gasteiger partial charge in [-0.1, -0.05) is 22.0 Å². The van der Waals surface area contributed by atoms with E-state index < -0.39 is 5.92 Å². The third kappa shape index (κ3) is 5.44. The maximum atomic E-state index is 12.9. The Morgan fingerprint density at radius 2 is 2.00 bits per heavy atom. The lowest BCUT2D eigenvalue weighted by Crippen LogP contribution is -2.48. The monoisotopic (exact) mass is 493 g/mol. The first-order valence-electron chi connectivity index (χ1n) is 10.6. The summed E-state index contributed by atoms with van der Waals surface area (Å²) in [6.07, 6.45) is 1.83. The summed E-state index contributed by atoms with van der Waals surface area (Å²) in [4.78, 5) is 55.0. The number of ether oxygens (including phenoxy) is 1. The fraction of sp³-hybridized carbons (Fsp3) is 0.545. The summed E-state index contributed by atoms with van der Waals surface area (Å²) in [6.45, 7) is 3.27. The molecule has 1 aromatic carbocycles. The minimum absolute atomic E-state index is 0.116. The first-order valence-corrected chi connectivity index (χ1v) is 11.4. The van der Waals surface area contributed by atoms with Crippen LogP contribution >= 0.6 is 15.9 Å². The number of likely N-dealkylation sites (tertiary alicyclic amines) is 1. The summed E-state index contributed by atoms with van der Waals surface area (Å²) < 4.78 is 5.93. The van der Waals surface area contributed by atoms with E-state index in [1.54, 1.807) is 23.8 Å². The summed E-state index contributed by atoms with van der Waals surface area (Å²) in [6, 6.07) is 7.39. The van der Waals surface area contributed by atoms with E-state index in [0.717, 1.165) is 16.6 Å². The Morgan fingerprint density at radius 3 is 2.71 bits per heavy atom. The lowest BCUT2D eigenvalue weighted by atomic mass is 9.98. The molecule has 0 saturated carbocycles. The van der Waals surface area contributed by atoms with Gasteiger partial charge in [-0.25, -0.2) is 0 Å². The fourth-order valence-electron chi connectivity index (χ4n) is 4.11. The van der Waals surface area contributed by atoms with Crippen molar-refractivity contribution >= 4 is 45.3 Å². The van der Waals surface area contributed by atoms with Gasteiger partial charge >= 0.3 is 5.97 Å². The molecule has 0 spiro atoms. The molecule has 2 heterocycles. The molecule has 3 rings (SSSR count). The summed E-state index contributed by atoms with van der Waals surface area (Å²) >= 11 is 3.40. The van der Waals surface area contributed by atoms with Crippen LogP contribution in [-0.2, 0) is 23.9 Å². The van der Waals surface area contributed by atoms with E-state index in [-0.39, 0.29) is 36.2 Å². The van der Waals surface area contributed by atoms with Crippen LogP contribution in [0, 0.1) is 11.8 Å². The van der Waals surface area contributed by atoms with Crippen LogP contribution in [0.5, 0.6) is 0 Å². The largest absolute Gasteiger partial charge is 0.466 e. The number of likely N-dealkylation sites (N-methyl/N-ethyl adjacent to an activating group) is 1. The Morgan fingerprint density at radius 1 is 1.23 bits per heavy atom. The van der Waals surface area contributed by atoms with E-state index in [9.17, 15) is 19.2 Å². The molecule has 31 heavy (non-hydrogen) atoms. The molecule has 8 nitrogen and oxygen atoms in total. The molecule has 168 valence electrons. The van der Waals surface area contributed by atoms with Gasteiger partial charge in [-0.3, -0.25) is 19.2 Å². The second kappa shape index (κ2) is 10.3. The van der Waals surface area contributed by atoms with Gasteiger partial charge in [0.15, 0.2) is 0 Å².